The first kappa shape index (κ1) is 14.1. The van der Waals surface area contributed by atoms with E-state index in [0.717, 1.165) is 11.5 Å². The van der Waals surface area contributed by atoms with E-state index in [-0.39, 0.29) is 11.8 Å². The summed E-state index contributed by atoms with van der Waals surface area (Å²) in [6.45, 7) is 3.01. The van der Waals surface area contributed by atoms with Gasteiger partial charge in [0.2, 0.25) is 0 Å². The molecule has 0 atom stereocenters. The van der Waals surface area contributed by atoms with Crippen LogP contribution in [-0.4, -0.2) is 23.5 Å². The fourth-order valence-electron chi connectivity index (χ4n) is 2.45. The molecule has 1 heterocycles. The van der Waals surface area contributed by atoms with Crippen LogP contribution in [0.15, 0.2) is 0 Å². The second-order valence-corrected chi connectivity index (χ2v) is 5.65. The highest BCUT2D eigenvalue weighted by Gasteiger charge is 2.21. The van der Waals surface area contributed by atoms with E-state index in [2.05, 4.69) is 9.69 Å². The van der Waals surface area contributed by atoms with Crippen molar-refractivity contribution in [3.05, 3.63) is 5.56 Å². The number of carbonyl (C=O) groups excluding carboxylic acids is 1. The Morgan fingerprint density at radius 1 is 1.47 bits per heavy atom. The van der Waals surface area contributed by atoms with E-state index in [1.165, 1.54) is 43.6 Å². The van der Waals surface area contributed by atoms with Crippen LogP contribution < -0.4 is 11.1 Å². The number of rotatable bonds is 5. The number of hydrogen-bond donors (Lipinski definition) is 2. The summed E-state index contributed by atoms with van der Waals surface area (Å²) in [5.74, 6) is 0.557. The standard InChI is InChI=1S/C13H21N3O2S/c1-2-18-13(17)10-11(14)16-19-12(10)15-8-9-6-4-3-5-7-9/h9,15H,2-8H2,1H3,(H2,14,16). The van der Waals surface area contributed by atoms with E-state index in [1.807, 2.05) is 0 Å². The molecule has 1 aliphatic carbocycles. The van der Waals surface area contributed by atoms with Crippen molar-refractivity contribution in [1.29, 1.82) is 0 Å². The zero-order chi connectivity index (χ0) is 13.7. The molecular weight excluding hydrogens is 262 g/mol. The Hall–Kier alpha value is -1.30. The minimum absolute atomic E-state index is 0.259. The predicted octanol–water partition coefficient (Wildman–Crippen LogP) is 2.89. The molecule has 1 fully saturated rings. The largest absolute Gasteiger partial charge is 0.462 e. The fourth-order valence-corrected chi connectivity index (χ4v) is 3.16. The van der Waals surface area contributed by atoms with Crippen molar-refractivity contribution >= 4 is 28.3 Å². The van der Waals surface area contributed by atoms with Gasteiger partial charge < -0.3 is 15.8 Å². The quantitative estimate of drug-likeness (QED) is 0.812. The number of anilines is 2. The lowest BCUT2D eigenvalue weighted by molar-refractivity contribution is 0.0529. The Morgan fingerprint density at radius 3 is 2.89 bits per heavy atom. The Bertz CT molecular complexity index is 428. The number of nitrogens with zero attached hydrogens (tertiary/aromatic N) is 1. The molecule has 106 valence electrons. The van der Waals surface area contributed by atoms with Gasteiger partial charge in [0.1, 0.15) is 10.6 Å². The molecule has 0 unspecified atom stereocenters. The van der Waals surface area contributed by atoms with Crippen LogP contribution in [0.1, 0.15) is 49.4 Å². The average molecular weight is 283 g/mol. The highest BCUT2D eigenvalue weighted by atomic mass is 32.1. The lowest BCUT2D eigenvalue weighted by Crippen LogP contribution is -2.18. The Labute approximate surface area is 117 Å². The summed E-state index contributed by atoms with van der Waals surface area (Å²) in [5, 5.41) is 4.06. The highest BCUT2D eigenvalue weighted by molar-refractivity contribution is 7.11. The van der Waals surface area contributed by atoms with Gasteiger partial charge in [-0.1, -0.05) is 19.3 Å². The van der Waals surface area contributed by atoms with Crippen molar-refractivity contribution in [2.45, 2.75) is 39.0 Å². The number of nitrogens with one attached hydrogen (secondary N) is 1. The second-order valence-electron chi connectivity index (χ2n) is 4.88. The smallest absolute Gasteiger partial charge is 0.344 e. The van der Waals surface area contributed by atoms with E-state index in [0.29, 0.717) is 18.1 Å². The Kier molecular flexibility index (Phi) is 5.01. The van der Waals surface area contributed by atoms with Crippen LogP contribution in [0.2, 0.25) is 0 Å². The van der Waals surface area contributed by atoms with Gasteiger partial charge >= 0.3 is 5.97 Å². The number of nitrogen functional groups attached to an aromatic ring is 1. The van der Waals surface area contributed by atoms with Crippen LogP contribution in [0.5, 0.6) is 0 Å². The summed E-state index contributed by atoms with van der Waals surface area (Å²) in [7, 11) is 0. The highest BCUT2D eigenvalue weighted by Crippen LogP contribution is 2.29. The lowest BCUT2D eigenvalue weighted by atomic mass is 9.89. The number of nitrogens with two attached hydrogens (primary N) is 1. The first-order valence-electron chi connectivity index (χ1n) is 6.88. The first-order chi connectivity index (χ1) is 9.22. The topological polar surface area (TPSA) is 77.2 Å². The van der Waals surface area contributed by atoms with Crippen molar-refractivity contribution in [3.63, 3.8) is 0 Å². The maximum Gasteiger partial charge on any atom is 0.344 e. The van der Waals surface area contributed by atoms with Crippen molar-refractivity contribution in [3.8, 4) is 0 Å². The molecule has 0 radical (unpaired) electrons. The molecule has 2 rings (SSSR count). The third kappa shape index (κ3) is 3.59. The summed E-state index contributed by atoms with van der Waals surface area (Å²) >= 11 is 1.23. The molecule has 5 nitrogen and oxygen atoms in total. The summed E-state index contributed by atoms with van der Waals surface area (Å²) in [6.07, 6.45) is 6.48. The molecule has 6 heteroatoms. The van der Waals surface area contributed by atoms with Gasteiger partial charge in [-0.15, -0.1) is 0 Å². The molecule has 19 heavy (non-hydrogen) atoms. The van der Waals surface area contributed by atoms with Crippen molar-refractivity contribution in [2.75, 3.05) is 24.2 Å². The molecule has 0 spiro atoms. The van der Waals surface area contributed by atoms with Gasteiger partial charge in [0.05, 0.1) is 6.61 Å². The second kappa shape index (κ2) is 6.75. The molecular formula is C13H21N3O2S. The van der Waals surface area contributed by atoms with Gasteiger partial charge in [-0.05, 0) is 37.2 Å². The van der Waals surface area contributed by atoms with Crippen molar-refractivity contribution in [2.24, 2.45) is 5.92 Å². The molecule has 0 amide bonds. The van der Waals surface area contributed by atoms with E-state index >= 15 is 0 Å². The third-order valence-corrected chi connectivity index (χ3v) is 4.29. The minimum atomic E-state index is -0.389. The van der Waals surface area contributed by atoms with E-state index in [9.17, 15) is 4.79 Å². The monoisotopic (exact) mass is 283 g/mol. The van der Waals surface area contributed by atoms with Gasteiger partial charge in [-0.25, -0.2) is 4.79 Å². The Morgan fingerprint density at radius 2 is 2.21 bits per heavy atom. The van der Waals surface area contributed by atoms with Crippen LogP contribution in [0, 0.1) is 5.92 Å². The summed E-state index contributed by atoms with van der Waals surface area (Å²) in [5.41, 5.74) is 6.13. The first-order valence-corrected chi connectivity index (χ1v) is 7.65. The lowest BCUT2D eigenvalue weighted by Gasteiger charge is -2.21. The number of aromatic nitrogens is 1. The maximum atomic E-state index is 11.8. The third-order valence-electron chi connectivity index (χ3n) is 3.47. The SMILES string of the molecule is CCOC(=O)c1c(N)nsc1NCC1CCCCC1. The molecule has 1 aromatic rings. The molecule has 0 bridgehead atoms. The Balaban J connectivity index is 1.97. The molecule has 3 N–H and O–H groups in total. The molecule has 0 saturated heterocycles. The molecule has 0 aromatic carbocycles. The van der Waals surface area contributed by atoms with Gasteiger partial charge in [0.15, 0.2) is 5.82 Å². The zero-order valence-corrected chi connectivity index (χ0v) is 12.1. The minimum Gasteiger partial charge on any atom is -0.462 e. The molecule has 0 aliphatic heterocycles. The van der Waals surface area contributed by atoms with E-state index < -0.39 is 0 Å². The van der Waals surface area contributed by atoms with Crippen LogP contribution in [0.3, 0.4) is 0 Å². The van der Waals surface area contributed by atoms with Crippen LogP contribution in [0.4, 0.5) is 10.8 Å². The zero-order valence-electron chi connectivity index (χ0n) is 11.3. The van der Waals surface area contributed by atoms with Crippen LogP contribution >= 0.6 is 11.5 Å². The summed E-state index contributed by atoms with van der Waals surface area (Å²) in [6, 6.07) is 0. The number of hydrogen-bond acceptors (Lipinski definition) is 6. The number of esters is 1. The van der Waals surface area contributed by atoms with E-state index in [4.69, 9.17) is 10.5 Å². The predicted molar refractivity (Wildman–Crippen MR) is 77.5 cm³/mol. The number of ether oxygens (including phenoxy) is 1. The summed E-state index contributed by atoms with van der Waals surface area (Å²) in [4.78, 5) is 11.8. The maximum absolute atomic E-state index is 11.8. The molecule has 1 aliphatic rings. The van der Waals surface area contributed by atoms with Gasteiger partial charge in [-0.3, -0.25) is 0 Å². The van der Waals surface area contributed by atoms with Crippen LogP contribution in [-0.2, 0) is 4.74 Å². The molecule has 1 saturated carbocycles. The van der Waals surface area contributed by atoms with Gasteiger partial charge in [-0.2, -0.15) is 4.37 Å². The summed E-state index contributed by atoms with van der Waals surface area (Å²) < 4.78 is 9.05. The van der Waals surface area contributed by atoms with Crippen molar-refractivity contribution < 1.29 is 9.53 Å². The van der Waals surface area contributed by atoms with Gasteiger partial charge in [0, 0.05) is 6.54 Å². The molecule has 1 aromatic heterocycles. The van der Waals surface area contributed by atoms with Crippen molar-refractivity contribution in [1.82, 2.24) is 4.37 Å². The van der Waals surface area contributed by atoms with Crippen LogP contribution in [0.25, 0.3) is 0 Å². The fraction of sp³-hybridized carbons (Fsp3) is 0.692. The van der Waals surface area contributed by atoms with Gasteiger partial charge in [0.25, 0.3) is 0 Å². The average Bonchev–Trinajstić information content (AvgIpc) is 2.79. The number of carbonyl (C=O) groups is 1. The normalized spacial score (nSPS) is 16.3. The van der Waals surface area contributed by atoms with E-state index in [1.54, 1.807) is 6.92 Å².